The summed E-state index contributed by atoms with van der Waals surface area (Å²) in [6, 6.07) is 16.6. The van der Waals surface area contributed by atoms with Crippen LogP contribution in [0.4, 0.5) is 0 Å². The maximum atomic E-state index is 13.1. The van der Waals surface area contributed by atoms with Gasteiger partial charge in [0.05, 0.1) is 5.92 Å². The number of carbonyl (C=O) groups is 1. The quantitative estimate of drug-likeness (QED) is 0.634. The first-order valence-electron chi connectivity index (χ1n) is 10.6. The molecule has 30 heavy (non-hydrogen) atoms. The first-order chi connectivity index (χ1) is 14.7. The van der Waals surface area contributed by atoms with E-state index in [1.165, 1.54) is 11.1 Å². The normalized spacial score (nSPS) is 17.7. The van der Waals surface area contributed by atoms with Crippen molar-refractivity contribution in [2.24, 2.45) is 5.92 Å². The second kappa shape index (κ2) is 9.63. The van der Waals surface area contributed by atoms with Crippen molar-refractivity contribution in [2.45, 2.75) is 19.9 Å². The minimum absolute atomic E-state index is 0.0339. The second-order valence-electron chi connectivity index (χ2n) is 7.85. The van der Waals surface area contributed by atoms with Gasteiger partial charge in [-0.15, -0.1) is 0 Å². The lowest BCUT2D eigenvalue weighted by atomic mass is 9.96. The van der Waals surface area contributed by atoms with Crippen LogP contribution >= 0.6 is 0 Å². The fourth-order valence-corrected chi connectivity index (χ4v) is 4.12. The van der Waals surface area contributed by atoms with E-state index in [0.29, 0.717) is 0 Å². The Labute approximate surface area is 178 Å². The van der Waals surface area contributed by atoms with Crippen LogP contribution in [0.3, 0.4) is 0 Å². The van der Waals surface area contributed by atoms with E-state index >= 15 is 0 Å². The number of pyridine rings is 2. The van der Waals surface area contributed by atoms with Crippen LogP contribution < -0.4 is 0 Å². The number of carbonyl (C=O) groups excluding carboxylic acids is 1. The van der Waals surface area contributed by atoms with E-state index in [4.69, 9.17) is 0 Å². The second-order valence-corrected chi connectivity index (χ2v) is 7.85. The molecule has 5 nitrogen and oxygen atoms in total. The van der Waals surface area contributed by atoms with Gasteiger partial charge in [-0.3, -0.25) is 19.7 Å². The predicted molar refractivity (Wildman–Crippen MR) is 119 cm³/mol. The van der Waals surface area contributed by atoms with E-state index < -0.39 is 0 Å². The van der Waals surface area contributed by atoms with Gasteiger partial charge in [-0.25, -0.2) is 0 Å². The Balaban J connectivity index is 1.49. The summed E-state index contributed by atoms with van der Waals surface area (Å²) in [7, 11) is 0. The highest BCUT2D eigenvalue weighted by Crippen LogP contribution is 2.22. The molecule has 1 aromatic carbocycles. The Kier molecular flexibility index (Phi) is 6.50. The maximum absolute atomic E-state index is 13.1. The number of hydrogen-bond donors (Lipinski definition) is 0. The van der Waals surface area contributed by atoms with Gasteiger partial charge in [0.25, 0.3) is 0 Å². The molecule has 0 bridgehead atoms. The lowest BCUT2D eigenvalue weighted by molar-refractivity contribution is -0.134. The van der Waals surface area contributed by atoms with Gasteiger partial charge in [0.15, 0.2) is 0 Å². The number of amides is 1. The van der Waals surface area contributed by atoms with Crippen molar-refractivity contribution < 1.29 is 4.79 Å². The van der Waals surface area contributed by atoms with Crippen LogP contribution in [0, 0.1) is 5.92 Å². The molecule has 3 aromatic rings. The molecule has 1 saturated heterocycles. The summed E-state index contributed by atoms with van der Waals surface area (Å²) in [6.07, 6.45) is 8.13. The minimum Gasteiger partial charge on any atom is -0.341 e. The fraction of sp³-hybridized carbons (Fsp3) is 0.320. The van der Waals surface area contributed by atoms with Gasteiger partial charge in [-0.2, -0.15) is 0 Å². The molecule has 0 unspecified atom stereocenters. The molecule has 4 rings (SSSR count). The number of nitrogens with zero attached hydrogens (tertiary/aromatic N) is 4. The summed E-state index contributed by atoms with van der Waals surface area (Å²) in [5, 5.41) is 0. The molecule has 0 saturated carbocycles. The van der Waals surface area contributed by atoms with Gasteiger partial charge < -0.3 is 4.90 Å². The van der Waals surface area contributed by atoms with Crippen LogP contribution in [0.2, 0.25) is 0 Å². The number of rotatable bonds is 6. The molecule has 0 spiro atoms. The van der Waals surface area contributed by atoms with E-state index in [-0.39, 0.29) is 11.8 Å². The third-order valence-electron chi connectivity index (χ3n) is 5.77. The molecule has 0 radical (unpaired) electrons. The molecule has 3 heterocycles. The Hall–Kier alpha value is -3.05. The Morgan fingerprint density at radius 3 is 2.33 bits per heavy atom. The lowest BCUT2D eigenvalue weighted by Gasteiger charge is -2.23. The molecule has 1 fully saturated rings. The largest absolute Gasteiger partial charge is 0.341 e. The molecule has 0 N–H and O–H groups in total. The smallest absolute Gasteiger partial charge is 0.227 e. The monoisotopic (exact) mass is 400 g/mol. The number of benzene rings is 1. The van der Waals surface area contributed by atoms with Crippen molar-refractivity contribution >= 4 is 5.91 Å². The Morgan fingerprint density at radius 2 is 1.67 bits per heavy atom. The van der Waals surface area contributed by atoms with Gasteiger partial charge in [0.2, 0.25) is 5.91 Å². The summed E-state index contributed by atoms with van der Waals surface area (Å²) in [5.41, 5.74) is 4.64. The van der Waals surface area contributed by atoms with Gasteiger partial charge in [-0.05, 0) is 47.7 Å². The van der Waals surface area contributed by atoms with Crippen molar-refractivity contribution in [2.75, 3.05) is 26.2 Å². The number of likely N-dealkylation sites (N-methyl/N-ethyl adjacent to an activating group) is 1. The van der Waals surface area contributed by atoms with Gasteiger partial charge in [0.1, 0.15) is 0 Å². The standard InChI is InChI=1S/C25H28N4O/c1-2-29-14-13-28(18-21-5-3-11-26-16-21)19-24(25(29)30)15-20-7-9-22(10-8-20)23-6-4-12-27-17-23/h3-12,16-17,24H,2,13-15,18-19H2,1H3/t24-/m0/s1. The van der Waals surface area contributed by atoms with Crippen molar-refractivity contribution in [3.05, 3.63) is 84.4 Å². The van der Waals surface area contributed by atoms with Crippen molar-refractivity contribution in [3.8, 4) is 11.1 Å². The molecule has 154 valence electrons. The van der Waals surface area contributed by atoms with Crippen molar-refractivity contribution in [1.82, 2.24) is 19.8 Å². The van der Waals surface area contributed by atoms with E-state index in [1.807, 2.05) is 29.4 Å². The van der Waals surface area contributed by atoms with Crippen LogP contribution in [0.15, 0.2) is 73.3 Å². The zero-order chi connectivity index (χ0) is 20.8. The van der Waals surface area contributed by atoms with Crippen LogP contribution in [0.25, 0.3) is 11.1 Å². The Bertz CT molecular complexity index is 944. The zero-order valence-corrected chi connectivity index (χ0v) is 17.4. The Morgan fingerprint density at radius 1 is 0.900 bits per heavy atom. The zero-order valence-electron chi connectivity index (χ0n) is 17.4. The molecule has 1 aliphatic rings. The van der Waals surface area contributed by atoms with Gasteiger partial charge >= 0.3 is 0 Å². The highest BCUT2D eigenvalue weighted by Gasteiger charge is 2.29. The van der Waals surface area contributed by atoms with Crippen LogP contribution in [-0.4, -0.2) is 51.9 Å². The molecule has 0 aliphatic carbocycles. The highest BCUT2D eigenvalue weighted by atomic mass is 16.2. The molecule has 1 amide bonds. The third-order valence-corrected chi connectivity index (χ3v) is 5.77. The van der Waals surface area contributed by atoms with Gasteiger partial charge in [0, 0.05) is 57.5 Å². The molecular weight excluding hydrogens is 372 g/mol. The average molecular weight is 401 g/mol. The van der Waals surface area contributed by atoms with Crippen LogP contribution in [-0.2, 0) is 17.8 Å². The van der Waals surface area contributed by atoms with Crippen LogP contribution in [0.1, 0.15) is 18.1 Å². The summed E-state index contributed by atoms with van der Waals surface area (Å²) in [4.78, 5) is 26.0. The summed E-state index contributed by atoms with van der Waals surface area (Å²) in [5.74, 6) is 0.232. The maximum Gasteiger partial charge on any atom is 0.227 e. The molecule has 1 aliphatic heterocycles. The first kappa shape index (κ1) is 20.2. The molecule has 1 atom stereocenters. The van der Waals surface area contributed by atoms with Crippen molar-refractivity contribution in [3.63, 3.8) is 0 Å². The van der Waals surface area contributed by atoms with Gasteiger partial charge in [-0.1, -0.05) is 36.4 Å². The van der Waals surface area contributed by atoms with E-state index in [0.717, 1.165) is 50.3 Å². The van der Waals surface area contributed by atoms with E-state index in [1.54, 1.807) is 12.4 Å². The predicted octanol–water partition coefficient (Wildman–Crippen LogP) is 3.67. The average Bonchev–Trinajstić information content (AvgIpc) is 2.94. The fourth-order valence-electron chi connectivity index (χ4n) is 4.12. The highest BCUT2D eigenvalue weighted by molar-refractivity contribution is 5.79. The SMILES string of the molecule is CCN1CCN(Cc2cccnc2)C[C@H](Cc2ccc(-c3cccnc3)cc2)C1=O. The number of hydrogen-bond acceptors (Lipinski definition) is 4. The minimum atomic E-state index is -0.0339. The van der Waals surface area contributed by atoms with E-state index in [2.05, 4.69) is 58.2 Å². The van der Waals surface area contributed by atoms with E-state index in [9.17, 15) is 4.79 Å². The molecule has 2 aromatic heterocycles. The summed E-state index contributed by atoms with van der Waals surface area (Å²) in [6.45, 7) is 6.10. The summed E-state index contributed by atoms with van der Waals surface area (Å²) < 4.78 is 0. The molecular formula is C25H28N4O. The molecule has 5 heteroatoms. The summed E-state index contributed by atoms with van der Waals surface area (Å²) >= 11 is 0. The third kappa shape index (κ3) is 4.92. The van der Waals surface area contributed by atoms with Crippen LogP contribution in [0.5, 0.6) is 0 Å². The first-order valence-corrected chi connectivity index (χ1v) is 10.6. The lowest BCUT2D eigenvalue weighted by Crippen LogP contribution is -2.37. The topological polar surface area (TPSA) is 49.3 Å². The van der Waals surface area contributed by atoms with Crippen molar-refractivity contribution in [1.29, 1.82) is 0 Å². The number of aromatic nitrogens is 2.